The van der Waals surface area contributed by atoms with E-state index in [2.05, 4.69) is 9.47 Å². The normalized spacial score (nSPS) is 15.3. The van der Waals surface area contributed by atoms with E-state index < -0.39 is 97.8 Å². The Morgan fingerprint density at radius 1 is 0.538 bits per heavy atom. The zero-order chi connectivity index (χ0) is 28.7. The number of hydrogen-bond acceptors (Lipinski definition) is 6. The molecule has 2 aliphatic heterocycles. The summed E-state index contributed by atoms with van der Waals surface area (Å²) in [5, 5.41) is 0. The minimum atomic E-state index is -5.72. The average Bonchev–Trinajstić information content (AvgIpc) is 3.27. The first-order valence-electron chi connectivity index (χ1n) is 10.5. The van der Waals surface area contributed by atoms with Crippen molar-refractivity contribution < 1.29 is 63.8 Å². The molecular weight excluding hydrogens is 548 g/mol. The van der Waals surface area contributed by atoms with Crippen molar-refractivity contribution in [2.24, 2.45) is 0 Å². The van der Waals surface area contributed by atoms with Gasteiger partial charge in [0.05, 0.1) is 16.7 Å². The van der Waals surface area contributed by atoms with Crippen LogP contribution in [0.2, 0.25) is 0 Å². The summed E-state index contributed by atoms with van der Waals surface area (Å²) in [5.74, 6) is -9.47. The van der Waals surface area contributed by atoms with Crippen LogP contribution in [-0.4, -0.2) is 30.1 Å². The number of carbonyl (C=O) groups is 4. The van der Waals surface area contributed by atoms with Crippen molar-refractivity contribution in [1.29, 1.82) is 0 Å². The van der Waals surface area contributed by atoms with E-state index in [1.165, 1.54) is 0 Å². The zero-order valence-electron chi connectivity index (χ0n) is 18.6. The lowest BCUT2D eigenvalue weighted by molar-refractivity contribution is -0.167. The Labute approximate surface area is 210 Å². The molecule has 0 spiro atoms. The van der Waals surface area contributed by atoms with E-state index in [-0.39, 0.29) is 18.2 Å². The van der Waals surface area contributed by atoms with Crippen LogP contribution in [0.25, 0.3) is 0 Å². The zero-order valence-corrected chi connectivity index (χ0v) is 18.6. The van der Waals surface area contributed by atoms with Gasteiger partial charge in [-0.25, -0.2) is 28.0 Å². The fourth-order valence-electron chi connectivity index (χ4n) is 4.68. The van der Waals surface area contributed by atoms with Crippen LogP contribution in [0, 0.1) is 11.6 Å². The fourth-order valence-corrected chi connectivity index (χ4v) is 4.68. The van der Waals surface area contributed by atoms with Gasteiger partial charge in [0.2, 0.25) is 0 Å². The van der Waals surface area contributed by atoms with Gasteiger partial charge in [0.15, 0.2) is 0 Å². The van der Waals surface area contributed by atoms with Gasteiger partial charge in [-0.15, -0.1) is 0 Å². The van der Waals surface area contributed by atoms with Gasteiger partial charge in [0, 0.05) is 0 Å². The minimum Gasteiger partial charge on any atom is -0.386 e. The van der Waals surface area contributed by atoms with Crippen LogP contribution in [0.4, 0.5) is 35.1 Å². The van der Waals surface area contributed by atoms with E-state index in [1.807, 2.05) is 0 Å². The molecule has 0 radical (unpaired) electrons. The summed E-state index contributed by atoms with van der Waals surface area (Å²) in [6.45, 7) is 0. The molecule has 0 atom stereocenters. The van der Waals surface area contributed by atoms with Crippen LogP contribution in [0.1, 0.15) is 63.7 Å². The molecular formula is C25H8F8O6. The molecule has 3 aromatic carbocycles. The molecule has 200 valence electrons. The molecule has 0 fully saturated rings. The highest BCUT2D eigenvalue weighted by Crippen LogP contribution is 2.53. The second kappa shape index (κ2) is 8.19. The number of benzene rings is 3. The first-order valence-corrected chi connectivity index (χ1v) is 10.5. The van der Waals surface area contributed by atoms with Crippen LogP contribution in [0.15, 0.2) is 48.5 Å². The van der Waals surface area contributed by atoms with Gasteiger partial charge < -0.3 is 9.47 Å². The molecule has 0 N–H and O–H groups in total. The summed E-state index contributed by atoms with van der Waals surface area (Å²) in [7, 11) is 0. The maximum atomic E-state index is 15.3. The molecule has 0 aromatic heterocycles. The summed E-state index contributed by atoms with van der Waals surface area (Å²) >= 11 is 0. The smallest absolute Gasteiger partial charge is 0.386 e. The molecule has 6 nitrogen and oxygen atoms in total. The number of carbonyl (C=O) groups excluding carboxylic acids is 4. The Morgan fingerprint density at radius 3 is 1.38 bits per heavy atom. The lowest BCUT2D eigenvalue weighted by atomic mass is 9.67. The number of alkyl halides is 6. The van der Waals surface area contributed by atoms with E-state index in [4.69, 9.17) is 0 Å². The first kappa shape index (κ1) is 26.0. The standard InChI is InChI=1S/C25H8F8O6/c26-15-7-11(5-13-17(15)21(36)38-19(13)34)23(25(31,32)33,9-2-1-3-10(4-9)24(28,29)30)12-6-14-18(16(27)8-12)22(37)39-20(14)35/h1-8H. The largest absolute Gasteiger partial charge is 0.416 e. The van der Waals surface area contributed by atoms with E-state index in [9.17, 15) is 32.3 Å². The van der Waals surface area contributed by atoms with Gasteiger partial charge in [-0.3, -0.25) is 0 Å². The lowest BCUT2D eigenvalue weighted by Crippen LogP contribution is -2.45. The number of cyclic esters (lactones) is 4. The molecule has 0 bridgehead atoms. The van der Waals surface area contributed by atoms with Crippen molar-refractivity contribution in [3.63, 3.8) is 0 Å². The van der Waals surface area contributed by atoms with Crippen molar-refractivity contribution in [2.75, 3.05) is 0 Å². The van der Waals surface area contributed by atoms with Crippen LogP contribution in [-0.2, 0) is 21.1 Å². The van der Waals surface area contributed by atoms with Crippen molar-refractivity contribution in [2.45, 2.75) is 17.8 Å². The van der Waals surface area contributed by atoms with Gasteiger partial charge in [0.25, 0.3) is 0 Å². The van der Waals surface area contributed by atoms with Crippen molar-refractivity contribution in [3.05, 3.63) is 105 Å². The number of esters is 4. The van der Waals surface area contributed by atoms with Crippen LogP contribution >= 0.6 is 0 Å². The van der Waals surface area contributed by atoms with Crippen molar-refractivity contribution >= 4 is 23.9 Å². The number of rotatable bonds is 3. The lowest BCUT2D eigenvalue weighted by Gasteiger charge is -2.38. The van der Waals surface area contributed by atoms with E-state index in [0.717, 1.165) is 0 Å². The Bertz CT molecular complexity index is 1550. The molecule has 0 saturated heterocycles. The molecule has 0 amide bonds. The third kappa shape index (κ3) is 3.69. The summed E-state index contributed by atoms with van der Waals surface area (Å²) in [5.41, 5.74) is -13.2. The average molecular weight is 556 g/mol. The SMILES string of the molecule is O=C1OC(=O)c2c(F)cc(C(c3cccc(C(F)(F)F)c3)(c3cc(F)c4c(c3)C(=O)OC4=O)C(F)(F)F)cc21. The van der Waals surface area contributed by atoms with E-state index in [0.29, 0.717) is 30.3 Å². The Balaban J connectivity index is 1.95. The quantitative estimate of drug-likeness (QED) is 0.183. The topological polar surface area (TPSA) is 86.7 Å². The first-order chi connectivity index (χ1) is 18.1. The van der Waals surface area contributed by atoms with E-state index in [1.54, 1.807) is 0 Å². The summed E-state index contributed by atoms with van der Waals surface area (Å²) in [4.78, 5) is 47.9. The predicted octanol–water partition coefficient (Wildman–Crippen LogP) is 5.50. The van der Waals surface area contributed by atoms with Crippen LogP contribution in [0.5, 0.6) is 0 Å². The number of halogens is 8. The summed E-state index contributed by atoms with van der Waals surface area (Å²) in [6.07, 6.45) is -10.9. The van der Waals surface area contributed by atoms with Crippen LogP contribution < -0.4 is 0 Å². The molecule has 0 aliphatic carbocycles. The molecule has 2 heterocycles. The number of ether oxygens (including phenoxy) is 2. The Morgan fingerprint density at radius 2 is 0.974 bits per heavy atom. The molecule has 2 aliphatic rings. The summed E-state index contributed by atoms with van der Waals surface area (Å²) in [6, 6.07) is 2.78. The maximum absolute atomic E-state index is 15.3. The monoisotopic (exact) mass is 556 g/mol. The second-order valence-corrected chi connectivity index (χ2v) is 8.44. The fraction of sp³-hybridized carbons (Fsp3) is 0.120. The highest BCUT2D eigenvalue weighted by Gasteiger charge is 2.60. The Kier molecular flexibility index (Phi) is 5.46. The van der Waals surface area contributed by atoms with Gasteiger partial charge >= 0.3 is 36.2 Å². The van der Waals surface area contributed by atoms with E-state index >= 15 is 22.0 Å². The third-order valence-electron chi connectivity index (χ3n) is 6.31. The molecule has 5 rings (SSSR count). The van der Waals surface area contributed by atoms with Gasteiger partial charge in [-0.2, -0.15) is 26.3 Å². The maximum Gasteiger partial charge on any atom is 0.416 e. The molecule has 0 saturated carbocycles. The second-order valence-electron chi connectivity index (χ2n) is 8.44. The summed E-state index contributed by atoms with van der Waals surface area (Å²) < 4.78 is 125. The molecule has 39 heavy (non-hydrogen) atoms. The number of fused-ring (bicyclic) bond motifs is 2. The number of hydrogen-bond donors (Lipinski definition) is 0. The van der Waals surface area contributed by atoms with Crippen LogP contribution in [0.3, 0.4) is 0 Å². The highest BCUT2D eigenvalue weighted by atomic mass is 19.4. The van der Waals surface area contributed by atoms with Crippen molar-refractivity contribution in [1.82, 2.24) is 0 Å². The Hall–Kier alpha value is -4.62. The van der Waals surface area contributed by atoms with Gasteiger partial charge in [-0.05, 0) is 47.0 Å². The highest BCUT2D eigenvalue weighted by molar-refractivity contribution is 6.15. The third-order valence-corrected chi connectivity index (χ3v) is 6.31. The van der Waals surface area contributed by atoms with Gasteiger partial charge in [-0.1, -0.05) is 18.2 Å². The molecule has 3 aromatic rings. The minimum absolute atomic E-state index is 0.0801. The van der Waals surface area contributed by atoms with Gasteiger partial charge in [0.1, 0.15) is 28.2 Å². The predicted molar refractivity (Wildman–Crippen MR) is 110 cm³/mol. The molecule has 14 heteroatoms. The van der Waals surface area contributed by atoms with Crippen molar-refractivity contribution in [3.8, 4) is 0 Å². The molecule has 0 unspecified atom stereocenters.